The van der Waals surface area contributed by atoms with Gasteiger partial charge in [0, 0.05) is 47.6 Å². The topological polar surface area (TPSA) is 99.2 Å². The van der Waals surface area contributed by atoms with Crippen LogP contribution in [0, 0.1) is 12.9 Å². The van der Waals surface area contributed by atoms with Gasteiger partial charge >= 0.3 is 6.61 Å². The molecule has 2 atom stereocenters. The minimum atomic E-state index is -3.00. The molecular formula is C22H20F3N7O2. The SMILES string of the molecule is Cc1cc(NC(=O)[C@H]2C[C@](C)(c3cnn(C)c3)c3c2cnc2cc(F)nn32)cnc1OC(F)F. The van der Waals surface area contributed by atoms with E-state index in [2.05, 4.69) is 30.2 Å². The number of rotatable bonds is 5. The van der Waals surface area contributed by atoms with Crippen molar-refractivity contribution >= 4 is 17.2 Å². The van der Waals surface area contributed by atoms with E-state index in [9.17, 15) is 18.0 Å². The van der Waals surface area contributed by atoms with Crippen molar-refractivity contribution in [2.45, 2.75) is 38.2 Å². The largest absolute Gasteiger partial charge is 0.417 e. The van der Waals surface area contributed by atoms with E-state index >= 15 is 0 Å². The summed E-state index contributed by atoms with van der Waals surface area (Å²) < 4.78 is 46.5. The van der Waals surface area contributed by atoms with Crippen molar-refractivity contribution < 1.29 is 22.7 Å². The molecule has 0 fully saturated rings. The normalized spacial score (nSPS) is 19.6. The van der Waals surface area contributed by atoms with Crippen molar-refractivity contribution in [3.63, 3.8) is 0 Å². The molecule has 1 aliphatic carbocycles. The average Bonchev–Trinajstić information content (AvgIpc) is 3.45. The molecule has 1 aliphatic rings. The molecular weight excluding hydrogens is 451 g/mol. The summed E-state index contributed by atoms with van der Waals surface area (Å²) in [5, 5.41) is 11.0. The monoisotopic (exact) mass is 471 g/mol. The van der Waals surface area contributed by atoms with Crippen LogP contribution in [0.3, 0.4) is 0 Å². The first-order valence-corrected chi connectivity index (χ1v) is 10.4. The maximum absolute atomic E-state index is 14.0. The second-order valence-electron chi connectivity index (χ2n) is 8.50. The molecule has 176 valence electrons. The number of hydrogen-bond acceptors (Lipinski definition) is 6. The Hall–Kier alpha value is -3.96. The molecule has 4 heterocycles. The van der Waals surface area contributed by atoms with Crippen LogP contribution in [0.25, 0.3) is 5.65 Å². The van der Waals surface area contributed by atoms with Gasteiger partial charge in [-0.15, -0.1) is 5.10 Å². The highest BCUT2D eigenvalue weighted by Gasteiger charge is 2.47. The Kier molecular flexibility index (Phi) is 5.03. The van der Waals surface area contributed by atoms with Crippen molar-refractivity contribution in [1.29, 1.82) is 0 Å². The summed E-state index contributed by atoms with van der Waals surface area (Å²) in [4.78, 5) is 21.5. The van der Waals surface area contributed by atoms with Gasteiger partial charge < -0.3 is 10.1 Å². The number of anilines is 1. The molecule has 0 unspecified atom stereocenters. The smallest absolute Gasteiger partial charge is 0.388 e. The Labute approximate surface area is 191 Å². The van der Waals surface area contributed by atoms with Gasteiger partial charge in [0.25, 0.3) is 0 Å². The quantitative estimate of drug-likeness (QED) is 0.479. The Balaban J connectivity index is 1.53. The first-order valence-electron chi connectivity index (χ1n) is 10.4. The van der Waals surface area contributed by atoms with Crippen LogP contribution in [0.4, 0.5) is 18.9 Å². The molecule has 0 saturated carbocycles. The van der Waals surface area contributed by atoms with Gasteiger partial charge in [0.1, 0.15) is 0 Å². The van der Waals surface area contributed by atoms with E-state index in [0.717, 1.165) is 5.56 Å². The third-order valence-electron chi connectivity index (χ3n) is 6.15. The zero-order valence-corrected chi connectivity index (χ0v) is 18.5. The van der Waals surface area contributed by atoms with Crippen molar-refractivity contribution in [3.8, 4) is 5.88 Å². The molecule has 1 N–H and O–H groups in total. The predicted molar refractivity (Wildman–Crippen MR) is 114 cm³/mol. The molecule has 0 bridgehead atoms. The van der Waals surface area contributed by atoms with Gasteiger partial charge in [-0.1, -0.05) is 0 Å². The molecule has 0 aromatic carbocycles. The first-order chi connectivity index (χ1) is 16.2. The van der Waals surface area contributed by atoms with E-state index in [-0.39, 0.29) is 11.8 Å². The number of pyridine rings is 1. The molecule has 4 aromatic heterocycles. The molecule has 0 saturated heterocycles. The van der Waals surface area contributed by atoms with Crippen LogP contribution >= 0.6 is 0 Å². The van der Waals surface area contributed by atoms with E-state index in [1.807, 2.05) is 13.1 Å². The Bertz CT molecular complexity index is 1420. The fourth-order valence-electron chi connectivity index (χ4n) is 4.60. The van der Waals surface area contributed by atoms with Crippen LogP contribution in [-0.2, 0) is 17.3 Å². The number of alkyl halides is 2. The Morgan fingerprint density at radius 1 is 1.26 bits per heavy atom. The molecule has 34 heavy (non-hydrogen) atoms. The summed E-state index contributed by atoms with van der Waals surface area (Å²) >= 11 is 0. The lowest BCUT2D eigenvalue weighted by Crippen LogP contribution is -2.25. The maximum atomic E-state index is 14.0. The van der Waals surface area contributed by atoms with E-state index in [1.165, 1.54) is 22.8 Å². The Morgan fingerprint density at radius 2 is 2.06 bits per heavy atom. The van der Waals surface area contributed by atoms with E-state index < -0.39 is 23.9 Å². The van der Waals surface area contributed by atoms with Crippen molar-refractivity contribution in [3.05, 3.63) is 65.3 Å². The first kappa shape index (κ1) is 21.9. The summed E-state index contributed by atoms with van der Waals surface area (Å²) in [6.07, 6.45) is 6.75. The molecule has 4 aromatic rings. The number of aryl methyl sites for hydroxylation is 2. The standard InChI is InChI=1S/C22H20F3N7O2/c1-11-4-13(8-27-20(11)34-21(24)25)29-19(33)14-6-22(2,12-7-28-31(3)10-12)18-15(14)9-26-17-5-16(23)30-32(17)18/h4-5,7-10,14,21H,6H2,1-3H3,(H,29,33)/t14-,22+/m0/s1. The molecule has 5 rings (SSSR count). The van der Waals surface area contributed by atoms with E-state index in [1.54, 1.807) is 31.0 Å². The zero-order chi connectivity index (χ0) is 24.2. The predicted octanol–water partition coefficient (Wildman–Crippen LogP) is 3.34. The third-order valence-corrected chi connectivity index (χ3v) is 6.15. The number of nitrogens with one attached hydrogen (secondary N) is 1. The van der Waals surface area contributed by atoms with Crippen LogP contribution in [0.5, 0.6) is 5.88 Å². The van der Waals surface area contributed by atoms with Gasteiger partial charge in [-0.25, -0.2) is 14.5 Å². The minimum absolute atomic E-state index is 0.212. The molecule has 0 radical (unpaired) electrons. The van der Waals surface area contributed by atoms with Crippen molar-refractivity contribution in [2.24, 2.45) is 7.05 Å². The summed E-state index contributed by atoms with van der Waals surface area (Å²) in [6, 6.07) is 2.73. The number of carbonyl (C=O) groups is 1. The highest BCUT2D eigenvalue weighted by atomic mass is 19.3. The van der Waals surface area contributed by atoms with Crippen LogP contribution in [0.2, 0.25) is 0 Å². The molecule has 9 nitrogen and oxygen atoms in total. The third kappa shape index (κ3) is 3.55. The summed E-state index contributed by atoms with van der Waals surface area (Å²) in [5.74, 6) is -1.86. The van der Waals surface area contributed by atoms with Gasteiger partial charge in [0.2, 0.25) is 17.7 Å². The van der Waals surface area contributed by atoms with Crippen LogP contribution in [-0.4, -0.2) is 41.9 Å². The number of carbonyl (C=O) groups excluding carboxylic acids is 1. The number of amides is 1. The number of fused-ring (bicyclic) bond motifs is 3. The second-order valence-corrected chi connectivity index (χ2v) is 8.50. The second kappa shape index (κ2) is 7.82. The lowest BCUT2D eigenvalue weighted by Gasteiger charge is -2.24. The minimum Gasteiger partial charge on any atom is -0.417 e. The van der Waals surface area contributed by atoms with Crippen LogP contribution < -0.4 is 10.1 Å². The van der Waals surface area contributed by atoms with Gasteiger partial charge in [-0.2, -0.15) is 18.3 Å². The van der Waals surface area contributed by atoms with Crippen LogP contribution in [0.15, 0.2) is 36.9 Å². The van der Waals surface area contributed by atoms with E-state index in [0.29, 0.717) is 34.6 Å². The number of nitrogens with zero attached hydrogens (tertiary/aromatic N) is 6. The molecule has 0 aliphatic heterocycles. The van der Waals surface area contributed by atoms with E-state index in [4.69, 9.17) is 0 Å². The highest BCUT2D eigenvalue weighted by molar-refractivity contribution is 5.97. The number of aromatic nitrogens is 6. The van der Waals surface area contributed by atoms with Gasteiger partial charge in [0.15, 0.2) is 5.65 Å². The van der Waals surface area contributed by atoms with Gasteiger partial charge in [-0.3, -0.25) is 9.48 Å². The number of hydrogen-bond donors (Lipinski definition) is 1. The van der Waals surface area contributed by atoms with Crippen molar-refractivity contribution in [1.82, 2.24) is 29.4 Å². The summed E-state index contributed by atoms with van der Waals surface area (Å²) in [6.45, 7) is 0.512. The summed E-state index contributed by atoms with van der Waals surface area (Å²) in [7, 11) is 1.79. The Morgan fingerprint density at radius 3 is 2.74 bits per heavy atom. The number of halogens is 3. The molecule has 12 heteroatoms. The van der Waals surface area contributed by atoms with Crippen LogP contribution in [0.1, 0.15) is 41.6 Å². The molecule has 1 amide bonds. The average molecular weight is 471 g/mol. The maximum Gasteiger partial charge on any atom is 0.388 e. The van der Waals surface area contributed by atoms with Crippen molar-refractivity contribution in [2.75, 3.05) is 5.32 Å². The van der Waals surface area contributed by atoms with Gasteiger partial charge in [0.05, 0.1) is 29.7 Å². The molecule has 0 spiro atoms. The fourth-order valence-corrected chi connectivity index (χ4v) is 4.60. The zero-order valence-electron chi connectivity index (χ0n) is 18.5. The summed E-state index contributed by atoms with van der Waals surface area (Å²) in [5.41, 5.74) is 2.43. The fraction of sp³-hybridized carbons (Fsp3) is 0.318. The lowest BCUT2D eigenvalue weighted by atomic mass is 9.80. The van der Waals surface area contributed by atoms with Gasteiger partial charge in [-0.05, 0) is 26.3 Å². The highest BCUT2D eigenvalue weighted by Crippen LogP contribution is 2.49. The lowest BCUT2D eigenvalue weighted by molar-refractivity contribution is -0.117. The number of ether oxygens (including phenoxy) is 1.